The van der Waals surface area contributed by atoms with Gasteiger partial charge in [0.15, 0.2) is 5.06 Å². The lowest BCUT2D eigenvalue weighted by molar-refractivity contribution is 0.487. The number of nitrogens with one attached hydrogen (secondary N) is 3. The molecule has 0 radical (unpaired) electrons. The number of aromatic hydroxyl groups is 1. The highest BCUT2D eigenvalue weighted by molar-refractivity contribution is 7.11. The van der Waals surface area contributed by atoms with Crippen LogP contribution in [0.2, 0.25) is 0 Å². The molecule has 1 atom stereocenters. The van der Waals surface area contributed by atoms with Crippen LogP contribution in [0.15, 0.2) is 75.4 Å². The molecule has 4 aromatic rings. The van der Waals surface area contributed by atoms with Crippen molar-refractivity contribution in [1.29, 1.82) is 0 Å². The van der Waals surface area contributed by atoms with Crippen LogP contribution in [0.25, 0.3) is 11.3 Å². The van der Waals surface area contributed by atoms with Crippen molar-refractivity contribution in [2.24, 2.45) is 4.99 Å². The smallest absolute Gasteiger partial charge is 0.310 e. The molecule has 0 saturated heterocycles. The molecule has 1 aliphatic heterocycles. The Bertz CT molecular complexity index is 1400. The van der Waals surface area contributed by atoms with Crippen LogP contribution in [0.3, 0.4) is 0 Å². The quantitative estimate of drug-likeness (QED) is 0.395. The van der Waals surface area contributed by atoms with E-state index in [2.05, 4.69) is 25.5 Å². The molecule has 9 heteroatoms. The Morgan fingerprint density at radius 3 is 2.61 bits per heavy atom. The zero-order chi connectivity index (χ0) is 21.4. The minimum Gasteiger partial charge on any atom is -0.499 e. The Morgan fingerprint density at radius 2 is 1.81 bits per heavy atom. The lowest BCUT2D eigenvalue weighted by atomic mass is 9.96. The van der Waals surface area contributed by atoms with E-state index in [1.165, 1.54) is 0 Å². The number of nitrogens with zero attached hydrogens (tertiary/aromatic N) is 2. The number of aromatic amines is 2. The van der Waals surface area contributed by atoms with Gasteiger partial charge in [0, 0.05) is 12.0 Å². The van der Waals surface area contributed by atoms with E-state index in [4.69, 9.17) is 0 Å². The summed E-state index contributed by atoms with van der Waals surface area (Å²) in [5.74, 6) is 0. The summed E-state index contributed by atoms with van der Waals surface area (Å²) in [5, 5.41) is 20.8. The van der Waals surface area contributed by atoms with Crippen molar-refractivity contribution in [3.8, 4) is 16.3 Å². The maximum Gasteiger partial charge on any atom is 0.310 e. The van der Waals surface area contributed by atoms with Crippen molar-refractivity contribution in [3.63, 3.8) is 0 Å². The van der Waals surface area contributed by atoms with Gasteiger partial charge in [0.05, 0.1) is 35.0 Å². The molecular formula is C22H17N5O3S. The Balaban J connectivity index is 1.66. The van der Waals surface area contributed by atoms with Crippen LogP contribution in [0, 0.1) is 0 Å². The largest absolute Gasteiger partial charge is 0.499 e. The Morgan fingerprint density at radius 1 is 1.03 bits per heavy atom. The lowest BCUT2D eigenvalue weighted by Gasteiger charge is -2.19. The molecule has 1 aliphatic rings. The number of benzene rings is 2. The van der Waals surface area contributed by atoms with E-state index in [1.807, 2.05) is 54.6 Å². The van der Waals surface area contributed by atoms with E-state index < -0.39 is 10.4 Å². The number of hydrogen-bond acceptors (Lipinski definition) is 7. The van der Waals surface area contributed by atoms with Gasteiger partial charge in [0.25, 0.3) is 5.56 Å². The van der Waals surface area contributed by atoms with Crippen molar-refractivity contribution in [2.75, 3.05) is 5.32 Å². The molecule has 0 spiro atoms. The molecule has 31 heavy (non-hydrogen) atoms. The number of para-hydroxylation sites is 2. The number of rotatable bonds is 3. The van der Waals surface area contributed by atoms with Crippen molar-refractivity contribution >= 4 is 28.4 Å². The second-order valence-corrected chi connectivity index (χ2v) is 8.03. The molecule has 0 amide bonds. The summed E-state index contributed by atoms with van der Waals surface area (Å²) < 4.78 is 0. The molecule has 154 valence electrons. The Kier molecular flexibility index (Phi) is 4.72. The van der Waals surface area contributed by atoms with Crippen LogP contribution < -0.4 is 15.7 Å². The van der Waals surface area contributed by atoms with Gasteiger partial charge in [-0.2, -0.15) is 5.10 Å². The molecule has 2 aromatic heterocycles. The summed E-state index contributed by atoms with van der Waals surface area (Å²) in [6.45, 7) is 0. The fourth-order valence-electron chi connectivity index (χ4n) is 3.73. The van der Waals surface area contributed by atoms with Crippen LogP contribution in [-0.2, 0) is 0 Å². The molecule has 0 bridgehead atoms. The number of anilines is 1. The number of aliphatic imine (C=N–C) groups is 1. The Hall–Kier alpha value is -3.98. The van der Waals surface area contributed by atoms with Crippen molar-refractivity contribution in [3.05, 3.63) is 91.9 Å². The minimum atomic E-state index is -0.659. The first-order chi connectivity index (χ1) is 15.1. The average Bonchev–Trinajstić information content (AvgIpc) is 3.16. The fourth-order valence-corrected chi connectivity index (χ4v) is 4.36. The van der Waals surface area contributed by atoms with Gasteiger partial charge in [-0.05, 0) is 29.0 Å². The molecular weight excluding hydrogens is 414 g/mol. The van der Waals surface area contributed by atoms with E-state index >= 15 is 0 Å². The first kappa shape index (κ1) is 19.0. The van der Waals surface area contributed by atoms with Gasteiger partial charge in [0.2, 0.25) is 0 Å². The summed E-state index contributed by atoms with van der Waals surface area (Å²) in [6.07, 6.45) is 2.05. The molecule has 2 aromatic carbocycles. The first-order valence-electron chi connectivity index (χ1n) is 9.58. The van der Waals surface area contributed by atoms with Crippen LogP contribution in [0.5, 0.6) is 5.06 Å². The molecule has 0 aliphatic carbocycles. The fraction of sp³-hybridized carbons (Fsp3) is 0.0909. The standard InChI is InChI=1S/C22H17N5O3S/c28-20-18(21(29)31-22(30)26-20)17-10-16(24-14-8-4-5-9-15(14)25-17)13-11-23-27-19(13)12-6-2-1-3-7-12/h1-9,11,16,24,29H,10H2,(H,23,27)(H,26,28,30)/t16-/m0/s1. The van der Waals surface area contributed by atoms with Crippen LogP contribution in [0.4, 0.5) is 11.4 Å². The van der Waals surface area contributed by atoms with Crippen molar-refractivity contribution < 1.29 is 5.11 Å². The predicted octanol–water partition coefficient (Wildman–Crippen LogP) is 3.57. The average molecular weight is 431 g/mol. The number of fused-ring (bicyclic) bond motifs is 1. The summed E-state index contributed by atoms with van der Waals surface area (Å²) in [5.41, 5.74) is 3.90. The van der Waals surface area contributed by atoms with Gasteiger partial charge in [-0.1, -0.05) is 42.5 Å². The van der Waals surface area contributed by atoms with Crippen LogP contribution >= 0.6 is 11.3 Å². The normalized spacial score (nSPS) is 15.5. The highest BCUT2D eigenvalue weighted by atomic mass is 32.1. The highest BCUT2D eigenvalue weighted by Crippen LogP contribution is 2.38. The predicted molar refractivity (Wildman–Crippen MR) is 121 cm³/mol. The van der Waals surface area contributed by atoms with E-state index in [1.54, 1.807) is 6.20 Å². The number of H-pyrrole nitrogens is 2. The SMILES string of the molecule is O=c1[nH]c(=O)c(C2=Nc3ccccc3N[C@H](c3cn[nH]c3-c3ccccc3)C2)c(O)s1. The molecule has 8 nitrogen and oxygen atoms in total. The Labute approximate surface area is 180 Å². The van der Waals surface area contributed by atoms with Crippen LogP contribution in [-0.4, -0.2) is 26.0 Å². The molecule has 5 rings (SSSR count). The number of hydrogen-bond donors (Lipinski definition) is 4. The van der Waals surface area contributed by atoms with Crippen molar-refractivity contribution in [2.45, 2.75) is 12.5 Å². The summed E-state index contributed by atoms with van der Waals surface area (Å²) >= 11 is 0.578. The zero-order valence-electron chi connectivity index (χ0n) is 16.1. The van der Waals surface area contributed by atoms with Gasteiger partial charge in [-0.15, -0.1) is 0 Å². The lowest BCUT2D eigenvalue weighted by Crippen LogP contribution is -2.25. The van der Waals surface area contributed by atoms with E-state index in [0.717, 1.165) is 22.5 Å². The van der Waals surface area contributed by atoms with Gasteiger partial charge in [-0.25, -0.2) is 0 Å². The topological polar surface area (TPSA) is 123 Å². The van der Waals surface area contributed by atoms with E-state index in [0.29, 0.717) is 29.2 Å². The maximum absolute atomic E-state index is 12.5. The van der Waals surface area contributed by atoms with Gasteiger partial charge >= 0.3 is 4.87 Å². The van der Waals surface area contributed by atoms with Crippen LogP contribution in [0.1, 0.15) is 23.6 Å². The summed E-state index contributed by atoms with van der Waals surface area (Å²) in [4.78, 5) is 30.4. The molecule has 0 saturated carbocycles. The minimum absolute atomic E-state index is 0.0119. The van der Waals surface area contributed by atoms with Gasteiger partial charge < -0.3 is 10.4 Å². The maximum atomic E-state index is 12.5. The molecule has 0 unspecified atom stereocenters. The monoisotopic (exact) mass is 431 g/mol. The first-order valence-corrected chi connectivity index (χ1v) is 10.4. The second kappa shape index (κ2) is 7.69. The summed E-state index contributed by atoms with van der Waals surface area (Å²) in [6, 6.07) is 17.0. The van der Waals surface area contributed by atoms with Gasteiger partial charge in [0.1, 0.15) is 5.56 Å². The third-order valence-electron chi connectivity index (χ3n) is 5.13. The second-order valence-electron chi connectivity index (χ2n) is 7.07. The number of aromatic nitrogens is 3. The highest BCUT2D eigenvalue weighted by Gasteiger charge is 2.27. The third-order valence-corrected chi connectivity index (χ3v) is 5.81. The zero-order valence-corrected chi connectivity index (χ0v) is 16.9. The summed E-state index contributed by atoms with van der Waals surface area (Å²) in [7, 11) is 0. The van der Waals surface area contributed by atoms with Crippen molar-refractivity contribution in [1.82, 2.24) is 15.2 Å². The molecule has 0 fully saturated rings. The molecule has 3 heterocycles. The van der Waals surface area contributed by atoms with E-state index in [9.17, 15) is 14.7 Å². The third kappa shape index (κ3) is 3.55. The van der Waals surface area contributed by atoms with Gasteiger partial charge in [-0.3, -0.25) is 24.7 Å². The molecule has 4 N–H and O–H groups in total. The van der Waals surface area contributed by atoms with E-state index in [-0.39, 0.29) is 16.7 Å².